The zero-order valence-corrected chi connectivity index (χ0v) is 12.9. The molecule has 0 spiro atoms. The summed E-state index contributed by atoms with van der Waals surface area (Å²) < 4.78 is 10.6. The molecule has 0 bridgehead atoms. The standard InChI is InChI=1S/C12H26O4Si/c1-10(13)15-8-7-11(14)9-16-17(5,6)12(2,3)4/h11,14H,7-9H2,1-6H3/t11-/m1/s1. The van der Waals surface area contributed by atoms with Crippen LogP contribution in [0.25, 0.3) is 0 Å². The van der Waals surface area contributed by atoms with Gasteiger partial charge in [0, 0.05) is 13.3 Å². The van der Waals surface area contributed by atoms with E-state index in [1.54, 1.807) is 0 Å². The van der Waals surface area contributed by atoms with Crippen molar-refractivity contribution in [2.75, 3.05) is 13.2 Å². The molecular weight excluding hydrogens is 236 g/mol. The fourth-order valence-electron chi connectivity index (χ4n) is 0.943. The number of hydrogen-bond acceptors (Lipinski definition) is 4. The number of esters is 1. The second kappa shape index (κ2) is 6.52. The third-order valence-electron chi connectivity index (χ3n) is 3.20. The van der Waals surface area contributed by atoms with Crippen LogP contribution in [0.1, 0.15) is 34.1 Å². The molecule has 0 amide bonds. The summed E-state index contributed by atoms with van der Waals surface area (Å²) in [6, 6.07) is 0. The quantitative estimate of drug-likeness (QED) is 0.589. The second-order valence-corrected chi connectivity index (χ2v) is 10.7. The molecule has 0 aromatic rings. The Hall–Kier alpha value is -0.393. The number of hydrogen-bond donors (Lipinski definition) is 1. The van der Waals surface area contributed by atoms with Gasteiger partial charge in [0.05, 0.1) is 19.3 Å². The van der Waals surface area contributed by atoms with Crippen molar-refractivity contribution in [2.24, 2.45) is 0 Å². The normalized spacial score (nSPS) is 14.5. The average Bonchev–Trinajstić information content (AvgIpc) is 2.12. The number of aliphatic hydroxyl groups excluding tert-OH is 1. The first-order valence-corrected chi connectivity index (χ1v) is 8.92. The first kappa shape index (κ1) is 16.6. The minimum atomic E-state index is -1.80. The zero-order valence-electron chi connectivity index (χ0n) is 11.9. The van der Waals surface area contributed by atoms with Crippen molar-refractivity contribution in [3.05, 3.63) is 0 Å². The molecule has 0 aliphatic rings. The molecule has 0 saturated carbocycles. The molecule has 0 aromatic carbocycles. The van der Waals surface area contributed by atoms with Crippen molar-refractivity contribution in [1.29, 1.82) is 0 Å². The summed E-state index contributed by atoms with van der Waals surface area (Å²) in [6.45, 7) is 12.7. The highest BCUT2D eigenvalue weighted by Crippen LogP contribution is 2.36. The SMILES string of the molecule is CC(=O)OCC[C@@H](O)CO[Si](C)(C)C(C)(C)C. The number of carbonyl (C=O) groups excluding carboxylic acids is 1. The van der Waals surface area contributed by atoms with Crippen molar-refractivity contribution in [3.63, 3.8) is 0 Å². The lowest BCUT2D eigenvalue weighted by atomic mass is 10.2. The highest BCUT2D eigenvalue weighted by atomic mass is 28.4. The maximum Gasteiger partial charge on any atom is 0.302 e. The minimum Gasteiger partial charge on any atom is -0.466 e. The van der Waals surface area contributed by atoms with E-state index in [2.05, 4.69) is 33.9 Å². The molecule has 17 heavy (non-hydrogen) atoms. The van der Waals surface area contributed by atoms with Crippen molar-refractivity contribution >= 4 is 14.3 Å². The smallest absolute Gasteiger partial charge is 0.302 e. The van der Waals surface area contributed by atoms with Crippen LogP contribution in [0.3, 0.4) is 0 Å². The van der Waals surface area contributed by atoms with Crippen molar-refractivity contribution in [2.45, 2.75) is 58.4 Å². The van der Waals surface area contributed by atoms with E-state index in [-0.39, 0.29) is 17.6 Å². The molecule has 1 N–H and O–H groups in total. The predicted octanol–water partition coefficient (Wildman–Crippen LogP) is 2.32. The molecule has 0 aromatic heterocycles. The third-order valence-corrected chi connectivity index (χ3v) is 7.70. The molecule has 0 aliphatic carbocycles. The topological polar surface area (TPSA) is 55.8 Å². The van der Waals surface area contributed by atoms with Gasteiger partial charge < -0.3 is 14.3 Å². The van der Waals surface area contributed by atoms with Gasteiger partial charge in [0.1, 0.15) is 0 Å². The molecule has 102 valence electrons. The summed E-state index contributed by atoms with van der Waals surface area (Å²) in [5.41, 5.74) is 0. The molecule has 5 heteroatoms. The molecule has 0 unspecified atom stereocenters. The molecule has 1 atom stereocenters. The molecule has 4 nitrogen and oxygen atoms in total. The van der Waals surface area contributed by atoms with Crippen molar-refractivity contribution in [3.8, 4) is 0 Å². The minimum absolute atomic E-state index is 0.141. The maximum atomic E-state index is 10.5. The fourth-order valence-corrected chi connectivity index (χ4v) is 1.99. The van der Waals surface area contributed by atoms with Gasteiger partial charge in [-0.05, 0) is 18.1 Å². The largest absolute Gasteiger partial charge is 0.466 e. The van der Waals surface area contributed by atoms with Crippen LogP contribution in [0.5, 0.6) is 0 Å². The fraction of sp³-hybridized carbons (Fsp3) is 0.917. The molecule has 0 heterocycles. The van der Waals surface area contributed by atoms with Gasteiger partial charge in [0.25, 0.3) is 0 Å². The van der Waals surface area contributed by atoms with Crippen LogP contribution < -0.4 is 0 Å². The summed E-state index contributed by atoms with van der Waals surface area (Å²) in [5.74, 6) is -0.317. The maximum absolute atomic E-state index is 10.5. The molecule has 0 aliphatic heterocycles. The lowest BCUT2D eigenvalue weighted by Crippen LogP contribution is -2.42. The van der Waals surface area contributed by atoms with Gasteiger partial charge in [-0.2, -0.15) is 0 Å². The first-order chi connectivity index (χ1) is 7.56. The highest BCUT2D eigenvalue weighted by molar-refractivity contribution is 6.74. The highest BCUT2D eigenvalue weighted by Gasteiger charge is 2.37. The van der Waals surface area contributed by atoms with E-state index < -0.39 is 14.4 Å². The van der Waals surface area contributed by atoms with E-state index in [1.165, 1.54) is 6.92 Å². The van der Waals surface area contributed by atoms with E-state index in [0.717, 1.165) is 0 Å². The van der Waals surface area contributed by atoms with Crippen LogP contribution in [-0.2, 0) is 14.0 Å². The Balaban J connectivity index is 3.91. The van der Waals surface area contributed by atoms with Crippen LogP contribution in [0, 0.1) is 0 Å². The van der Waals surface area contributed by atoms with Gasteiger partial charge in [0.2, 0.25) is 0 Å². The molecule has 0 fully saturated rings. The summed E-state index contributed by atoms with van der Waals surface area (Å²) in [7, 11) is -1.80. The number of rotatable bonds is 6. The van der Waals surface area contributed by atoms with Crippen LogP contribution in [0.4, 0.5) is 0 Å². The first-order valence-electron chi connectivity index (χ1n) is 6.01. The van der Waals surface area contributed by atoms with Gasteiger partial charge >= 0.3 is 5.97 Å². The lowest BCUT2D eigenvalue weighted by molar-refractivity contribution is -0.141. The van der Waals surface area contributed by atoms with Gasteiger partial charge in [-0.25, -0.2) is 0 Å². The molecule has 0 radical (unpaired) electrons. The predicted molar refractivity (Wildman–Crippen MR) is 70.4 cm³/mol. The molecular formula is C12H26O4Si. The van der Waals surface area contributed by atoms with Crippen LogP contribution >= 0.6 is 0 Å². The summed E-state index contributed by atoms with van der Waals surface area (Å²) in [6.07, 6.45) is -0.141. The molecule has 0 rings (SSSR count). The third kappa shape index (κ3) is 6.80. The van der Waals surface area contributed by atoms with E-state index in [0.29, 0.717) is 13.0 Å². The summed E-state index contributed by atoms with van der Waals surface area (Å²) in [4.78, 5) is 10.5. The second-order valence-electron chi connectivity index (χ2n) is 5.85. The van der Waals surface area contributed by atoms with Crippen LogP contribution in [0.2, 0.25) is 18.1 Å². The summed E-state index contributed by atoms with van der Waals surface area (Å²) >= 11 is 0. The lowest BCUT2D eigenvalue weighted by Gasteiger charge is -2.36. The van der Waals surface area contributed by atoms with Crippen molar-refractivity contribution < 1.29 is 19.1 Å². The van der Waals surface area contributed by atoms with Crippen LogP contribution in [-0.4, -0.2) is 38.7 Å². The number of aliphatic hydroxyl groups is 1. The Morgan fingerprint density at radius 1 is 1.35 bits per heavy atom. The van der Waals surface area contributed by atoms with Gasteiger partial charge in [-0.1, -0.05) is 20.8 Å². The average molecular weight is 262 g/mol. The van der Waals surface area contributed by atoms with Gasteiger partial charge in [0.15, 0.2) is 8.32 Å². The van der Waals surface area contributed by atoms with E-state index in [1.807, 2.05) is 0 Å². The number of carbonyl (C=O) groups is 1. The van der Waals surface area contributed by atoms with Crippen LogP contribution in [0.15, 0.2) is 0 Å². The van der Waals surface area contributed by atoms with Gasteiger partial charge in [-0.15, -0.1) is 0 Å². The Morgan fingerprint density at radius 2 is 1.88 bits per heavy atom. The van der Waals surface area contributed by atoms with Gasteiger partial charge in [-0.3, -0.25) is 4.79 Å². The monoisotopic (exact) mass is 262 g/mol. The van der Waals surface area contributed by atoms with E-state index in [9.17, 15) is 9.90 Å². The number of ether oxygens (including phenoxy) is 1. The summed E-state index contributed by atoms with van der Waals surface area (Å²) in [5, 5.41) is 9.84. The van der Waals surface area contributed by atoms with E-state index >= 15 is 0 Å². The molecule has 0 saturated heterocycles. The Kier molecular flexibility index (Phi) is 6.36. The zero-order chi connectivity index (χ0) is 13.7. The Labute approximate surface area is 105 Å². The Morgan fingerprint density at radius 3 is 2.29 bits per heavy atom. The Bertz CT molecular complexity index is 245. The van der Waals surface area contributed by atoms with E-state index in [4.69, 9.17) is 9.16 Å². The van der Waals surface area contributed by atoms with Crippen molar-refractivity contribution in [1.82, 2.24) is 0 Å².